The minimum Gasteiger partial charge on any atom is -0.378 e. The molecule has 2 aliphatic rings. The second kappa shape index (κ2) is 5.44. The van der Waals surface area contributed by atoms with Crippen molar-refractivity contribution >= 4 is 29.2 Å². The Morgan fingerprint density at radius 2 is 2.10 bits per heavy atom. The molecule has 21 heavy (non-hydrogen) atoms. The Morgan fingerprint density at radius 3 is 2.95 bits per heavy atom. The first kappa shape index (κ1) is 13.3. The molecular formula is C14H13ClN4OS. The van der Waals surface area contributed by atoms with Crippen LogP contribution in [0.15, 0.2) is 23.4 Å². The van der Waals surface area contributed by atoms with Crippen molar-refractivity contribution in [3.05, 3.63) is 29.2 Å². The normalized spacial score (nSPS) is 17.3. The number of morpholine rings is 1. The second-order valence-electron chi connectivity index (χ2n) is 4.89. The van der Waals surface area contributed by atoms with E-state index >= 15 is 0 Å². The van der Waals surface area contributed by atoms with Crippen LogP contribution in [0.25, 0.3) is 11.3 Å². The zero-order chi connectivity index (χ0) is 14.2. The van der Waals surface area contributed by atoms with E-state index in [1.165, 1.54) is 0 Å². The molecule has 0 radical (unpaired) electrons. The Labute approximate surface area is 131 Å². The Morgan fingerprint density at radius 1 is 1.24 bits per heavy atom. The fraction of sp³-hybridized carbons (Fsp3) is 0.357. The molecule has 2 aromatic rings. The summed E-state index contributed by atoms with van der Waals surface area (Å²) in [6.07, 6.45) is 1.81. The summed E-state index contributed by atoms with van der Waals surface area (Å²) >= 11 is 7.88. The molecule has 0 atom stereocenters. The van der Waals surface area contributed by atoms with E-state index in [2.05, 4.69) is 19.9 Å². The third-order valence-corrected chi connectivity index (χ3v) is 4.85. The Bertz CT molecular complexity index is 691. The first-order valence-electron chi connectivity index (χ1n) is 6.80. The molecule has 1 saturated heterocycles. The maximum Gasteiger partial charge on any atom is 0.224 e. The molecule has 0 amide bonds. The van der Waals surface area contributed by atoms with Crippen LogP contribution in [-0.4, -0.2) is 41.3 Å². The molecule has 0 N–H and O–H groups in total. The second-order valence-corrected chi connectivity index (χ2v) is 6.19. The topological polar surface area (TPSA) is 51.1 Å². The van der Waals surface area contributed by atoms with Crippen LogP contribution in [0, 0.1) is 0 Å². The van der Waals surface area contributed by atoms with Gasteiger partial charge in [-0.25, -0.2) is 15.0 Å². The highest BCUT2D eigenvalue weighted by Crippen LogP contribution is 2.42. The number of anilines is 1. The summed E-state index contributed by atoms with van der Waals surface area (Å²) in [5.41, 5.74) is 3.10. The van der Waals surface area contributed by atoms with Gasteiger partial charge >= 0.3 is 0 Å². The van der Waals surface area contributed by atoms with Crippen molar-refractivity contribution in [2.24, 2.45) is 0 Å². The summed E-state index contributed by atoms with van der Waals surface area (Å²) in [6.45, 7) is 3.12. The monoisotopic (exact) mass is 320 g/mol. The molecule has 2 aliphatic heterocycles. The van der Waals surface area contributed by atoms with E-state index < -0.39 is 0 Å². The van der Waals surface area contributed by atoms with Crippen molar-refractivity contribution in [2.75, 3.05) is 31.2 Å². The molecule has 0 saturated carbocycles. The minimum atomic E-state index is 0.289. The Hall–Kier alpha value is -1.37. The highest BCUT2D eigenvalue weighted by Gasteiger charge is 2.26. The lowest BCUT2D eigenvalue weighted by Crippen LogP contribution is -2.37. The van der Waals surface area contributed by atoms with Crippen LogP contribution in [0.4, 0.5) is 5.82 Å². The number of hydrogen-bond acceptors (Lipinski definition) is 6. The van der Waals surface area contributed by atoms with E-state index in [-0.39, 0.29) is 5.28 Å². The molecule has 2 aromatic heterocycles. The molecule has 1 fully saturated rings. The molecule has 5 nitrogen and oxygen atoms in total. The molecule has 7 heteroatoms. The zero-order valence-corrected chi connectivity index (χ0v) is 12.8. The van der Waals surface area contributed by atoms with Gasteiger partial charge in [0.25, 0.3) is 0 Å². The Kier molecular flexibility index (Phi) is 3.45. The van der Waals surface area contributed by atoms with Crippen LogP contribution in [-0.2, 0) is 10.5 Å². The summed E-state index contributed by atoms with van der Waals surface area (Å²) in [4.78, 5) is 15.6. The number of nitrogens with zero attached hydrogens (tertiary/aromatic N) is 4. The molecule has 4 heterocycles. The average molecular weight is 321 g/mol. The maximum absolute atomic E-state index is 6.16. The van der Waals surface area contributed by atoms with Crippen LogP contribution in [0.5, 0.6) is 0 Å². The highest BCUT2D eigenvalue weighted by molar-refractivity contribution is 7.98. The molecule has 0 spiro atoms. The standard InChI is InChI=1S/C14H13ClN4OS/c15-14-17-11-9-2-1-3-16-13(9)21-8-10(11)12(18-14)19-4-6-20-7-5-19/h1-3H,4-8H2. The van der Waals surface area contributed by atoms with Crippen LogP contribution in [0.2, 0.25) is 5.28 Å². The van der Waals surface area contributed by atoms with Crippen LogP contribution in [0.3, 0.4) is 0 Å². The van der Waals surface area contributed by atoms with E-state index in [1.54, 1.807) is 11.8 Å². The third-order valence-electron chi connectivity index (χ3n) is 3.65. The van der Waals surface area contributed by atoms with Crippen LogP contribution >= 0.6 is 23.4 Å². The van der Waals surface area contributed by atoms with E-state index in [0.717, 1.165) is 59.7 Å². The van der Waals surface area contributed by atoms with Gasteiger partial charge in [0.15, 0.2) is 0 Å². The van der Waals surface area contributed by atoms with Crippen molar-refractivity contribution in [3.63, 3.8) is 0 Å². The number of thioether (sulfide) groups is 1. The number of fused-ring (bicyclic) bond motifs is 3. The van der Waals surface area contributed by atoms with Gasteiger partial charge in [-0.15, -0.1) is 11.8 Å². The molecule has 0 bridgehead atoms. The van der Waals surface area contributed by atoms with E-state index in [1.807, 2.05) is 18.3 Å². The van der Waals surface area contributed by atoms with Crippen LogP contribution < -0.4 is 4.90 Å². The van der Waals surface area contributed by atoms with Crippen molar-refractivity contribution in [1.82, 2.24) is 15.0 Å². The van der Waals surface area contributed by atoms with Crippen molar-refractivity contribution < 1.29 is 4.74 Å². The quantitative estimate of drug-likeness (QED) is 0.753. The number of ether oxygens (including phenoxy) is 1. The molecule has 0 unspecified atom stereocenters. The lowest BCUT2D eigenvalue weighted by atomic mass is 10.1. The number of pyridine rings is 1. The fourth-order valence-electron chi connectivity index (χ4n) is 2.66. The van der Waals surface area contributed by atoms with Gasteiger partial charge in [-0.2, -0.15) is 0 Å². The Balaban J connectivity index is 1.86. The highest BCUT2D eigenvalue weighted by atomic mass is 35.5. The van der Waals surface area contributed by atoms with Gasteiger partial charge in [0.05, 0.1) is 18.9 Å². The van der Waals surface area contributed by atoms with Gasteiger partial charge in [0, 0.05) is 36.2 Å². The first-order chi connectivity index (χ1) is 10.3. The van der Waals surface area contributed by atoms with Crippen molar-refractivity contribution in [3.8, 4) is 11.3 Å². The van der Waals surface area contributed by atoms with Crippen molar-refractivity contribution in [1.29, 1.82) is 0 Å². The molecule has 108 valence electrons. The predicted octanol–water partition coefficient (Wildman–Crippen LogP) is 2.63. The number of rotatable bonds is 1. The smallest absolute Gasteiger partial charge is 0.224 e. The lowest BCUT2D eigenvalue weighted by Gasteiger charge is -2.31. The summed E-state index contributed by atoms with van der Waals surface area (Å²) in [6, 6.07) is 3.97. The van der Waals surface area contributed by atoms with Gasteiger partial charge in [-0.1, -0.05) is 0 Å². The third kappa shape index (κ3) is 2.37. The van der Waals surface area contributed by atoms with E-state index in [9.17, 15) is 0 Å². The average Bonchev–Trinajstić information content (AvgIpc) is 2.55. The van der Waals surface area contributed by atoms with E-state index in [4.69, 9.17) is 16.3 Å². The summed E-state index contributed by atoms with van der Waals surface area (Å²) < 4.78 is 5.42. The summed E-state index contributed by atoms with van der Waals surface area (Å²) in [7, 11) is 0. The summed E-state index contributed by atoms with van der Waals surface area (Å²) in [5.74, 6) is 1.76. The maximum atomic E-state index is 6.16. The van der Waals surface area contributed by atoms with Crippen molar-refractivity contribution in [2.45, 2.75) is 10.8 Å². The van der Waals surface area contributed by atoms with Crippen LogP contribution in [0.1, 0.15) is 5.56 Å². The van der Waals surface area contributed by atoms with Gasteiger partial charge in [0.1, 0.15) is 10.8 Å². The van der Waals surface area contributed by atoms with Gasteiger partial charge < -0.3 is 9.64 Å². The molecule has 0 aliphatic carbocycles. The number of hydrogen-bond donors (Lipinski definition) is 0. The van der Waals surface area contributed by atoms with Gasteiger partial charge in [0.2, 0.25) is 5.28 Å². The molecule has 0 aromatic carbocycles. The lowest BCUT2D eigenvalue weighted by molar-refractivity contribution is 0.122. The number of halogens is 1. The van der Waals surface area contributed by atoms with Gasteiger partial charge in [-0.3, -0.25) is 0 Å². The van der Waals surface area contributed by atoms with Gasteiger partial charge in [-0.05, 0) is 23.7 Å². The zero-order valence-electron chi connectivity index (χ0n) is 11.3. The predicted molar refractivity (Wildman–Crippen MR) is 82.9 cm³/mol. The molecule has 4 rings (SSSR count). The fourth-order valence-corrected chi connectivity index (χ4v) is 3.83. The largest absolute Gasteiger partial charge is 0.378 e. The summed E-state index contributed by atoms with van der Waals surface area (Å²) in [5, 5.41) is 1.30. The SMILES string of the molecule is Clc1nc2c(c(N3CCOCC3)n1)CSc1ncccc1-2. The first-order valence-corrected chi connectivity index (χ1v) is 8.16. The van der Waals surface area contributed by atoms with E-state index in [0.29, 0.717) is 0 Å². The number of aromatic nitrogens is 3. The minimum absolute atomic E-state index is 0.289. The molecular weight excluding hydrogens is 308 g/mol.